The van der Waals surface area contributed by atoms with Gasteiger partial charge in [0.05, 0.1) is 22.7 Å². The summed E-state index contributed by atoms with van der Waals surface area (Å²) in [5.74, 6) is -0.133. The van der Waals surface area contributed by atoms with E-state index in [-0.39, 0.29) is 17.2 Å². The minimum Gasteiger partial charge on any atom is -0.272 e. The van der Waals surface area contributed by atoms with Crippen molar-refractivity contribution in [1.29, 1.82) is 0 Å². The monoisotopic (exact) mass is 314 g/mol. The van der Waals surface area contributed by atoms with E-state index in [1.165, 1.54) is 17.1 Å². The van der Waals surface area contributed by atoms with E-state index in [2.05, 4.69) is 5.10 Å². The largest absolute Gasteiger partial charge is 0.272 e. The van der Waals surface area contributed by atoms with Gasteiger partial charge in [-0.05, 0) is 29.8 Å². The molecule has 0 N–H and O–H groups in total. The quantitative estimate of drug-likeness (QED) is 0.872. The van der Waals surface area contributed by atoms with Crippen molar-refractivity contribution in [3.63, 3.8) is 0 Å². The van der Waals surface area contributed by atoms with Gasteiger partial charge in [-0.1, -0.05) is 30.3 Å². The van der Waals surface area contributed by atoms with Crippen molar-refractivity contribution in [2.75, 3.05) is 11.3 Å². The van der Waals surface area contributed by atoms with Gasteiger partial charge in [-0.2, -0.15) is 5.10 Å². The van der Waals surface area contributed by atoms with Crippen LogP contribution in [0.5, 0.6) is 0 Å². The van der Waals surface area contributed by atoms with E-state index in [1.807, 2.05) is 30.3 Å². The van der Waals surface area contributed by atoms with Crippen LogP contribution in [0.3, 0.4) is 0 Å². The first-order valence-corrected chi connectivity index (χ1v) is 8.60. The number of carbonyl (C=O) groups is 1. The lowest BCUT2D eigenvalue weighted by Crippen LogP contribution is -2.19. The molecule has 0 aliphatic carbocycles. The number of amides is 1. The normalized spacial score (nSPS) is 15.0. The molecule has 0 spiro atoms. The molecule has 1 heterocycles. The smallest absolute Gasteiger partial charge is 0.253 e. The average molecular weight is 314 g/mol. The van der Waals surface area contributed by atoms with E-state index >= 15 is 0 Å². The lowest BCUT2D eigenvalue weighted by molar-refractivity contribution is -0.116. The molecule has 0 bridgehead atoms. The highest BCUT2D eigenvalue weighted by atomic mass is 32.2. The lowest BCUT2D eigenvalue weighted by Gasteiger charge is -2.11. The molecule has 3 rings (SSSR count). The first-order valence-electron chi connectivity index (χ1n) is 6.71. The molecular weight excluding hydrogens is 300 g/mol. The van der Waals surface area contributed by atoms with E-state index in [1.54, 1.807) is 12.1 Å². The van der Waals surface area contributed by atoms with Crippen molar-refractivity contribution in [2.24, 2.45) is 5.10 Å². The van der Waals surface area contributed by atoms with Gasteiger partial charge < -0.3 is 0 Å². The number of hydrogen-bond donors (Lipinski definition) is 0. The Morgan fingerprint density at radius 2 is 1.64 bits per heavy atom. The molecule has 0 unspecified atom stereocenters. The summed E-state index contributed by atoms with van der Waals surface area (Å²) in [5.41, 5.74) is 2.17. The van der Waals surface area contributed by atoms with E-state index in [9.17, 15) is 13.2 Å². The number of sulfone groups is 1. The van der Waals surface area contributed by atoms with Crippen LogP contribution >= 0.6 is 0 Å². The zero-order valence-electron chi connectivity index (χ0n) is 11.9. The maximum Gasteiger partial charge on any atom is 0.253 e. The number of carbonyl (C=O) groups excluding carboxylic acids is 1. The number of hydrogen-bond acceptors (Lipinski definition) is 4. The molecule has 112 valence electrons. The topological polar surface area (TPSA) is 66.8 Å². The first kappa shape index (κ1) is 14.5. The molecule has 0 fully saturated rings. The summed E-state index contributed by atoms with van der Waals surface area (Å²) in [5, 5.41) is 5.67. The van der Waals surface area contributed by atoms with Crippen LogP contribution in [0.2, 0.25) is 0 Å². The Labute approximate surface area is 128 Å². The van der Waals surface area contributed by atoms with Gasteiger partial charge >= 0.3 is 0 Å². The number of benzene rings is 2. The van der Waals surface area contributed by atoms with Crippen LogP contribution < -0.4 is 5.01 Å². The van der Waals surface area contributed by atoms with Gasteiger partial charge in [0.1, 0.15) is 0 Å². The molecule has 22 heavy (non-hydrogen) atoms. The third-order valence-corrected chi connectivity index (χ3v) is 4.52. The van der Waals surface area contributed by atoms with Crippen molar-refractivity contribution in [2.45, 2.75) is 11.3 Å². The summed E-state index contributed by atoms with van der Waals surface area (Å²) in [4.78, 5) is 12.4. The molecule has 0 radical (unpaired) electrons. The minimum absolute atomic E-state index is 0.133. The Kier molecular flexibility index (Phi) is 3.54. The highest BCUT2D eigenvalue weighted by Gasteiger charge is 2.26. The molecule has 1 aliphatic rings. The maximum atomic E-state index is 12.1. The van der Waals surface area contributed by atoms with Crippen LogP contribution in [0.15, 0.2) is 64.6 Å². The van der Waals surface area contributed by atoms with Crippen LogP contribution in [-0.2, 0) is 14.6 Å². The maximum absolute atomic E-state index is 12.1. The number of nitrogens with zero attached hydrogens (tertiary/aromatic N) is 2. The fourth-order valence-electron chi connectivity index (χ4n) is 2.26. The van der Waals surface area contributed by atoms with Crippen LogP contribution in [0.1, 0.15) is 12.0 Å². The summed E-state index contributed by atoms with van der Waals surface area (Å²) in [6.45, 7) is 0. The molecule has 2 aromatic rings. The lowest BCUT2D eigenvalue weighted by atomic mass is 10.1. The Hall–Kier alpha value is -2.47. The summed E-state index contributed by atoms with van der Waals surface area (Å²) >= 11 is 0. The van der Waals surface area contributed by atoms with Crippen molar-refractivity contribution >= 4 is 27.1 Å². The van der Waals surface area contributed by atoms with Gasteiger partial charge in [-0.3, -0.25) is 4.79 Å². The van der Waals surface area contributed by atoms with Gasteiger partial charge in [0.25, 0.3) is 5.91 Å². The number of anilines is 1. The van der Waals surface area contributed by atoms with Crippen molar-refractivity contribution in [3.8, 4) is 0 Å². The molecular formula is C16H14N2O3S. The van der Waals surface area contributed by atoms with Crippen LogP contribution in [0.25, 0.3) is 0 Å². The van der Waals surface area contributed by atoms with E-state index in [0.29, 0.717) is 11.4 Å². The highest BCUT2D eigenvalue weighted by molar-refractivity contribution is 7.90. The predicted molar refractivity (Wildman–Crippen MR) is 84.6 cm³/mol. The zero-order chi connectivity index (χ0) is 15.7. The molecule has 0 saturated heterocycles. The van der Waals surface area contributed by atoms with Crippen LogP contribution in [-0.4, -0.2) is 26.3 Å². The molecule has 6 heteroatoms. The minimum atomic E-state index is -3.25. The average Bonchev–Trinajstić information content (AvgIpc) is 2.89. The van der Waals surface area contributed by atoms with Crippen molar-refractivity contribution in [1.82, 2.24) is 0 Å². The van der Waals surface area contributed by atoms with Gasteiger partial charge in [-0.15, -0.1) is 0 Å². The predicted octanol–water partition coefficient (Wildman–Crippen LogP) is 2.23. The van der Waals surface area contributed by atoms with Gasteiger partial charge in [-0.25, -0.2) is 13.4 Å². The molecule has 0 atom stereocenters. The summed E-state index contributed by atoms with van der Waals surface area (Å²) in [6.07, 6.45) is 1.38. The van der Waals surface area contributed by atoms with E-state index < -0.39 is 9.84 Å². The summed E-state index contributed by atoms with van der Waals surface area (Å²) < 4.78 is 22.9. The third kappa shape index (κ3) is 2.78. The summed E-state index contributed by atoms with van der Waals surface area (Å²) in [7, 11) is -3.25. The Balaban J connectivity index is 1.92. The molecule has 1 aliphatic heterocycles. The third-order valence-electron chi connectivity index (χ3n) is 3.39. The summed E-state index contributed by atoms with van der Waals surface area (Å²) in [6, 6.07) is 15.6. The van der Waals surface area contributed by atoms with Crippen LogP contribution in [0, 0.1) is 0 Å². The Morgan fingerprint density at radius 3 is 2.23 bits per heavy atom. The van der Waals surface area contributed by atoms with Crippen molar-refractivity contribution < 1.29 is 13.2 Å². The molecule has 5 nitrogen and oxygen atoms in total. The Morgan fingerprint density at radius 1 is 1.00 bits per heavy atom. The fraction of sp³-hybridized carbons (Fsp3) is 0.125. The van der Waals surface area contributed by atoms with Gasteiger partial charge in [0.15, 0.2) is 9.84 Å². The fourth-order valence-corrected chi connectivity index (χ4v) is 2.89. The van der Waals surface area contributed by atoms with Gasteiger partial charge in [0.2, 0.25) is 0 Å². The molecule has 0 aromatic heterocycles. The zero-order valence-corrected chi connectivity index (χ0v) is 12.7. The second-order valence-corrected chi connectivity index (χ2v) is 7.08. The molecule has 2 aromatic carbocycles. The second-order valence-electron chi connectivity index (χ2n) is 5.06. The Bertz CT molecular complexity index is 841. The number of rotatable bonds is 3. The van der Waals surface area contributed by atoms with Crippen LogP contribution in [0.4, 0.5) is 5.69 Å². The van der Waals surface area contributed by atoms with Gasteiger partial charge in [0, 0.05) is 6.26 Å². The first-order chi connectivity index (χ1) is 10.4. The molecule has 0 saturated carbocycles. The van der Waals surface area contributed by atoms with E-state index in [0.717, 1.165) is 11.8 Å². The number of hydrazone groups is 1. The van der Waals surface area contributed by atoms with E-state index in [4.69, 9.17) is 0 Å². The molecule has 1 amide bonds. The second kappa shape index (κ2) is 5.38. The highest BCUT2D eigenvalue weighted by Crippen LogP contribution is 2.24. The van der Waals surface area contributed by atoms with Crippen molar-refractivity contribution in [3.05, 3.63) is 60.2 Å². The SMILES string of the molecule is CS(=O)(=O)c1ccc(N2N=C(c3ccccc3)CC2=O)cc1. The standard InChI is InChI=1S/C16H14N2O3S/c1-22(20,21)14-9-7-13(8-10-14)18-16(19)11-15(17-18)12-5-3-2-4-6-12/h2-10H,11H2,1H3.